The Bertz CT molecular complexity index is 2450. The van der Waals surface area contributed by atoms with E-state index in [4.69, 9.17) is 20.3 Å². The SMILES string of the molecule is CCn1c(-c2cccnc2[C@H](C)OC)c2c3cc(ccc31)-c1cc(O)cc(c1)C[C@H](NC(=O)[C@H](C(C)C)N(C)C(=O)CN(C)C(=O)[C@@H](C)CN)C(=O)N1CCC[C@H](N1)[N+](=O)OCC(C)(C)C2. The number of benzene rings is 2. The Morgan fingerprint density at radius 2 is 1.85 bits per heavy atom. The van der Waals surface area contributed by atoms with Crippen LogP contribution in [0.5, 0.6) is 5.75 Å². The number of aromatic nitrogens is 2. The summed E-state index contributed by atoms with van der Waals surface area (Å²) < 4.78 is 8.08. The van der Waals surface area contributed by atoms with Gasteiger partial charge in [0, 0.05) is 87.7 Å². The molecule has 2 aliphatic rings. The molecule has 4 amide bonds. The van der Waals surface area contributed by atoms with Gasteiger partial charge >= 0.3 is 6.17 Å². The molecule has 0 saturated carbocycles. The van der Waals surface area contributed by atoms with Crippen molar-refractivity contribution < 1.29 is 38.8 Å². The molecule has 0 spiro atoms. The molecule has 4 heterocycles. The van der Waals surface area contributed by atoms with Crippen molar-refractivity contribution in [2.75, 3.05) is 47.4 Å². The van der Waals surface area contributed by atoms with Crippen LogP contribution in [-0.4, -0.2) is 124 Å². The number of phenolic OH excluding ortho intramolecular Hbond substituents is 1. The number of hydrogen-bond acceptors (Lipinski definition) is 11. The Balaban J connectivity index is 1.45. The van der Waals surface area contributed by atoms with Crippen LogP contribution in [0.3, 0.4) is 0 Å². The smallest absolute Gasteiger partial charge is 0.326 e. The van der Waals surface area contributed by atoms with Crippen molar-refractivity contribution >= 4 is 34.5 Å². The van der Waals surface area contributed by atoms with Crippen LogP contribution in [-0.2, 0) is 48.1 Å². The monoisotopic (exact) mass is 911 g/mol. The quantitative estimate of drug-likeness (QED) is 0.147. The maximum absolute atomic E-state index is 14.7. The Labute approximate surface area is 387 Å². The Morgan fingerprint density at radius 3 is 2.53 bits per heavy atom. The van der Waals surface area contributed by atoms with Crippen molar-refractivity contribution in [2.45, 2.75) is 105 Å². The number of aryl methyl sites for hydroxylation is 1. The van der Waals surface area contributed by atoms with E-state index in [1.54, 1.807) is 46.2 Å². The number of carbonyl (C=O) groups is 4. The predicted octanol–water partition coefficient (Wildman–Crippen LogP) is 5.11. The minimum atomic E-state index is -1.20. The third kappa shape index (κ3) is 10.7. The molecule has 6 bridgehead atoms. The highest BCUT2D eigenvalue weighted by molar-refractivity contribution is 5.96. The van der Waals surface area contributed by atoms with Crippen LogP contribution >= 0.6 is 0 Å². The minimum Gasteiger partial charge on any atom is -0.508 e. The summed E-state index contributed by atoms with van der Waals surface area (Å²) in [4.78, 5) is 83.2. The number of pyridine rings is 1. The number of nitrogens with one attached hydrogen (secondary N) is 2. The molecule has 6 rings (SSSR count). The number of likely N-dealkylation sites (N-methyl/N-ethyl adjacent to an activating group) is 2. The molecular weight excluding hydrogens is 843 g/mol. The molecule has 5 N–H and O–H groups in total. The van der Waals surface area contributed by atoms with Crippen molar-refractivity contribution in [1.29, 1.82) is 0 Å². The van der Waals surface area contributed by atoms with Gasteiger partial charge in [-0.05, 0) is 91.3 Å². The number of rotatable bonds is 12. The van der Waals surface area contributed by atoms with Crippen molar-refractivity contribution in [2.24, 2.45) is 23.0 Å². The average molecular weight is 911 g/mol. The fraction of sp³-hybridized carbons (Fsp3) is 0.531. The Hall–Kier alpha value is -5.91. The second-order valence-corrected chi connectivity index (χ2v) is 19.0. The maximum Gasteiger partial charge on any atom is 0.326 e. The van der Waals surface area contributed by atoms with E-state index in [1.165, 1.54) is 28.9 Å². The number of methoxy groups -OCH3 is 1. The number of carbonyl (C=O) groups excluding carboxylic acids is 4. The molecule has 2 aliphatic heterocycles. The number of fused-ring (bicyclic) bond motifs is 6. The van der Waals surface area contributed by atoms with E-state index in [0.717, 1.165) is 39.0 Å². The van der Waals surface area contributed by atoms with E-state index in [2.05, 4.69) is 54.3 Å². The van der Waals surface area contributed by atoms with E-state index in [-0.39, 0.29) is 50.4 Å². The van der Waals surface area contributed by atoms with Crippen molar-refractivity contribution in [3.63, 3.8) is 0 Å². The molecule has 356 valence electrons. The Morgan fingerprint density at radius 1 is 1.11 bits per heavy atom. The summed E-state index contributed by atoms with van der Waals surface area (Å²) in [6.07, 6.45) is 1.91. The van der Waals surface area contributed by atoms with E-state index < -0.39 is 53.2 Å². The fourth-order valence-corrected chi connectivity index (χ4v) is 9.20. The highest BCUT2D eigenvalue weighted by Crippen LogP contribution is 2.42. The average Bonchev–Trinajstić information content (AvgIpc) is 3.59. The zero-order chi connectivity index (χ0) is 48.2. The van der Waals surface area contributed by atoms with Crippen LogP contribution in [0, 0.1) is 22.2 Å². The van der Waals surface area contributed by atoms with Gasteiger partial charge in [0.2, 0.25) is 22.6 Å². The number of amides is 4. The lowest BCUT2D eigenvalue weighted by Gasteiger charge is -2.35. The van der Waals surface area contributed by atoms with Gasteiger partial charge in [0.05, 0.1) is 28.9 Å². The molecule has 0 aliphatic carbocycles. The van der Waals surface area contributed by atoms with E-state index >= 15 is 0 Å². The summed E-state index contributed by atoms with van der Waals surface area (Å²) in [5.41, 5.74) is 15.0. The first-order chi connectivity index (χ1) is 31.3. The summed E-state index contributed by atoms with van der Waals surface area (Å²) in [5, 5.41) is 16.6. The molecule has 2 aromatic heterocycles. The predicted molar refractivity (Wildman–Crippen MR) is 251 cm³/mol. The van der Waals surface area contributed by atoms with Gasteiger partial charge in [-0.3, -0.25) is 29.2 Å². The summed E-state index contributed by atoms with van der Waals surface area (Å²) in [5.74, 6) is -2.77. The van der Waals surface area contributed by atoms with Crippen LogP contribution < -0.4 is 16.5 Å². The number of phenols is 1. The van der Waals surface area contributed by atoms with Crippen molar-refractivity contribution in [3.05, 3.63) is 76.5 Å². The number of nitrogens with zero attached hydrogens (tertiary/aromatic N) is 6. The molecule has 1 fully saturated rings. The van der Waals surface area contributed by atoms with Gasteiger partial charge in [-0.1, -0.05) is 46.8 Å². The maximum atomic E-state index is 14.7. The zero-order valence-electron chi connectivity index (χ0n) is 40.1. The lowest BCUT2D eigenvalue weighted by Crippen LogP contribution is -2.62. The first-order valence-corrected chi connectivity index (χ1v) is 22.9. The second kappa shape index (κ2) is 20.7. The van der Waals surface area contributed by atoms with Crippen LogP contribution in [0.4, 0.5) is 0 Å². The van der Waals surface area contributed by atoms with Crippen molar-refractivity contribution in [3.8, 4) is 28.1 Å². The molecule has 0 unspecified atom stereocenters. The highest BCUT2D eigenvalue weighted by atomic mass is 16.8. The first kappa shape index (κ1) is 49.5. The summed E-state index contributed by atoms with van der Waals surface area (Å²) in [6, 6.07) is 13.1. The number of ether oxygens (including phenoxy) is 1. The van der Waals surface area contributed by atoms with Crippen LogP contribution in [0.1, 0.15) is 84.2 Å². The molecule has 5 atom stereocenters. The van der Waals surface area contributed by atoms with Crippen LogP contribution in [0.25, 0.3) is 33.3 Å². The molecule has 0 radical (unpaired) electrons. The first-order valence-electron chi connectivity index (χ1n) is 22.9. The molecule has 2 aromatic carbocycles. The van der Waals surface area contributed by atoms with Gasteiger partial charge in [-0.15, -0.1) is 0 Å². The lowest BCUT2D eigenvalue weighted by molar-refractivity contribution is -0.835. The highest BCUT2D eigenvalue weighted by Gasteiger charge is 2.41. The molecule has 66 heavy (non-hydrogen) atoms. The lowest BCUT2D eigenvalue weighted by atomic mass is 9.84. The van der Waals surface area contributed by atoms with Gasteiger partial charge in [0.15, 0.2) is 6.61 Å². The normalized spacial score (nSPS) is 19.1. The third-order valence-electron chi connectivity index (χ3n) is 12.8. The summed E-state index contributed by atoms with van der Waals surface area (Å²) >= 11 is 0. The second-order valence-electron chi connectivity index (χ2n) is 19.0. The fourth-order valence-electron chi connectivity index (χ4n) is 9.20. The summed E-state index contributed by atoms with van der Waals surface area (Å²) in [7, 11) is 4.68. The van der Waals surface area contributed by atoms with Crippen LogP contribution in [0.2, 0.25) is 0 Å². The molecule has 1 saturated heterocycles. The van der Waals surface area contributed by atoms with Crippen LogP contribution in [0.15, 0.2) is 54.7 Å². The van der Waals surface area contributed by atoms with Gasteiger partial charge in [0.25, 0.3) is 5.91 Å². The standard InChI is InChI=1S/C49H67N9O8/c1-11-56-40-17-16-33-24-37(40)38(45(56)36-14-12-18-51-43(36)31(5)65-10)25-49(6,7)28-66-58(64)41-15-13-19-57(53-41)48(63)39(22-32-20-34(33)23-35(59)21-32)52-46(61)44(29(2)3)55(9)42(60)27-54(8)47(62)30(4)26-50/h12,14,16-18,20-21,23-24,29-31,39,41,44,53H,11,13,15,19,22,25-28,50H2,1-10H3,(H-,52,59,61)/p+1/t30-,31-,39-,41+,44-/m0/s1. The summed E-state index contributed by atoms with van der Waals surface area (Å²) in [6.45, 7) is 14.3. The Kier molecular flexibility index (Phi) is 15.5. The van der Waals surface area contributed by atoms with E-state index in [0.29, 0.717) is 41.9 Å². The van der Waals surface area contributed by atoms with Gasteiger partial charge < -0.3 is 35.3 Å². The largest absolute Gasteiger partial charge is 0.508 e. The molecular formula is C49H68N9O8+. The van der Waals surface area contributed by atoms with E-state index in [9.17, 15) is 29.2 Å². The minimum absolute atomic E-state index is 0.0282. The molecule has 17 nitrogen and oxygen atoms in total. The number of nitrogens with two attached hydrogens (primary N) is 1. The van der Waals surface area contributed by atoms with Gasteiger partial charge in [-0.2, -0.15) is 5.43 Å². The zero-order valence-corrected chi connectivity index (χ0v) is 40.1. The molecule has 4 aromatic rings. The topological polar surface area (TPSA) is 205 Å². The third-order valence-corrected chi connectivity index (χ3v) is 12.8. The number of hydrazine groups is 1. The number of hydrogen-bond donors (Lipinski definition) is 4. The van der Waals surface area contributed by atoms with E-state index in [1.807, 2.05) is 25.1 Å². The van der Waals surface area contributed by atoms with Gasteiger partial charge in [0.1, 0.15) is 17.8 Å². The molecule has 17 heteroatoms. The number of aromatic hydroxyl groups is 1. The van der Waals surface area contributed by atoms with Gasteiger partial charge in [-0.25, -0.2) is 4.84 Å². The van der Waals surface area contributed by atoms with Crippen molar-refractivity contribution in [1.82, 2.24) is 35.1 Å².